The smallest absolute Gasteiger partial charge is 0.110 e. The Hall–Kier alpha value is -0.800. The lowest BCUT2D eigenvalue weighted by molar-refractivity contribution is 1.11. The fourth-order valence-electron chi connectivity index (χ4n) is 1.31. The van der Waals surface area contributed by atoms with Gasteiger partial charge in [-0.1, -0.05) is 29.8 Å². The molecule has 82 valence electrons. The van der Waals surface area contributed by atoms with E-state index >= 15 is 0 Å². The Bertz CT molecular complexity index is 468. The molecule has 1 aromatic carbocycles. The molecule has 0 saturated heterocycles. The number of hydrogen-bond acceptors (Lipinski definition) is 2. The minimum absolute atomic E-state index is 0.954. The first kappa shape index (κ1) is 11.7. The summed E-state index contributed by atoms with van der Waals surface area (Å²) in [5.74, 6) is 0.954. The van der Waals surface area contributed by atoms with Crippen LogP contribution in [0.25, 0.3) is 0 Å². The van der Waals surface area contributed by atoms with E-state index in [0.29, 0.717) is 0 Å². The van der Waals surface area contributed by atoms with Crippen molar-refractivity contribution < 1.29 is 0 Å². The summed E-state index contributed by atoms with van der Waals surface area (Å²) in [7, 11) is 0. The summed E-state index contributed by atoms with van der Waals surface area (Å²) >= 11 is 5.25. The molecule has 0 bridgehead atoms. The summed E-state index contributed by atoms with van der Waals surface area (Å²) in [6.45, 7) is 2.10. The molecule has 0 aliphatic heterocycles. The highest BCUT2D eigenvalue weighted by molar-refractivity contribution is 9.10. The predicted molar refractivity (Wildman–Crippen MR) is 72.7 cm³/mol. The molecule has 1 nitrogen and oxygen atoms in total. The molecule has 2 rings (SSSR count). The van der Waals surface area contributed by atoms with Gasteiger partial charge in [-0.05, 0) is 40.5 Å². The molecule has 0 aliphatic carbocycles. The van der Waals surface area contributed by atoms with Crippen LogP contribution < -0.4 is 0 Å². The van der Waals surface area contributed by atoms with Gasteiger partial charge in [-0.25, -0.2) is 4.98 Å². The van der Waals surface area contributed by atoms with Gasteiger partial charge in [0, 0.05) is 16.4 Å². The number of nitrogens with zero attached hydrogens (tertiary/aromatic N) is 1. The number of pyridine rings is 1. The Balaban J connectivity index is 2.02. The lowest BCUT2D eigenvalue weighted by Crippen LogP contribution is -1.84. The van der Waals surface area contributed by atoms with E-state index in [-0.39, 0.29) is 0 Å². The molecule has 2 aromatic rings. The maximum absolute atomic E-state index is 4.33. The number of halogens is 1. The Morgan fingerprint density at radius 1 is 1.19 bits per heavy atom. The highest BCUT2D eigenvalue weighted by atomic mass is 79.9. The van der Waals surface area contributed by atoms with Crippen LogP contribution in [0.1, 0.15) is 11.1 Å². The monoisotopic (exact) mass is 293 g/mol. The van der Waals surface area contributed by atoms with Crippen LogP contribution in [0.4, 0.5) is 0 Å². The maximum Gasteiger partial charge on any atom is 0.110 e. The maximum atomic E-state index is 4.33. The zero-order valence-corrected chi connectivity index (χ0v) is 11.4. The number of aryl methyl sites for hydroxylation is 1. The first-order chi connectivity index (χ1) is 7.75. The summed E-state index contributed by atoms with van der Waals surface area (Å²) < 4.78 is 1.06. The van der Waals surface area contributed by atoms with Crippen LogP contribution in [-0.2, 0) is 5.75 Å². The van der Waals surface area contributed by atoms with E-state index in [1.165, 1.54) is 11.1 Å². The molecule has 1 heterocycles. The van der Waals surface area contributed by atoms with Crippen LogP contribution in [0.5, 0.6) is 0 Å². The first-order valence-corrected chi connectivity index (χ1v) is 6.82. The predicted octanol–water partition coefficient (Wildman–Crippen LogP) is 4.44. The molecule has 0 N–H and O–H groups in total. The van der Waals surface area contributed by atoms with Gasteiger partial charge in [0.1, 0.15) is 5.03 Å². The van der Waals surface area contributed by atoms with Crippen LogP contribution >= 0.6 is 27.7 Å². The van der Waals surface area contributed by atoms with Crippen LogP contribution in [0, 0.1) is 6.92 Å². The minimum atomic E-state index is 0.954. The average molecular weight is 294 g/mol. The second kappa shape index (κ2) is 5.51. The van der Waals surface area contributed by atoms with Crippen LogP contribution in [0.3, 0.4) is 0 Å². The Morgan fingerprint density at radius 2 is 1.94 bits per heavy atom. The molecule has 0 amide bonds. The Kier molecular flexibility index (Phi) is 4.02. The average Bonchev–Trinajstić information content (AvgIpc) is 2.30. The number of hydrogen-bond donors (Lipinski definition) is 0. The fourth-order valence-corrected chi connectivity index (χ4v) is 2.75. The topological polar surface area (TPSA) is 12.9 Å². The van der Waals surface area contributed by atoms with E-state index in [4.69, 9.17) is 0 Å². The molecule has 0 saturated carbocycles. The zero-order valence-electron chi connectivity index (χ0n) is 8.98. The molecule has 1 aromatic heterocycles. The third-order valence-corrected chi connectivity index (χ3v) is 4.20. The van der Waals surface area contributed by atoms with Gasteiger partial charge in [-0.3, -0.25) is 0 Å². The van der Waals surface area contributed by atoms with Crippen molar-refractivity contribution in [2.45, 2.75) is 17.7 Å². The normalized spacial score (nSPS) is 10.4. The van der Waals surface area contributed by atoms with Crippen molar-refractivity contribution in [3.8, 4) is 0 Å². The van der Waals surface area contributed by atoms with Crippen LogP contribution in [0.2, 0.25) is 0 Å². The molecular formula is C13H12BrNS. The molecule has 0 radical (unpaired) electrons. The van der Waals surface area contributed by atoms with Gasteiger partial charge >= 0.3 is 0 Å². The van der Waals surface area contributed by atoms with E-state index in [1.54, 1.807) is 11.8 Å². The number of rotatable bonds is 3. The summed E-state index contributed by atoms with van der Waals surface area (Å²) in [5.41, 5.74) is 2.63. The van der Waals surface area contributed by atoms with E-state index in [2.05, 4.69) is 52.1 Å². The number of benzene rings is 1. The fraction of sp³-hybridized carbons (Fsp3) is 0.154. The van der Waals surface area contributed by atoms with Gasteiger partial charge in [-0.15, -0.1) is 11.8 Å². The third kappa shape index (κ3) is 3.09. The summed E-state index contributed by atoms with van der Waals surface area (Å²) in [6, 6.07) is 12.6. The Labute approximate surface area is 108 Å². The van der Waals surface area contributed by atoms with Crippen molar-refractivity contribution in [1.29, 1.82) is 0 Å². The van der Waals surface area contributed by atoms with Crippen molar-refractivity contribution in [2.75, 3.05) is 0 Å². The first-order valence-electron chi connectivity index (χ1n) is 5.04. The van der Waals surface area contributed by atoms with E-state index in [9.17, 15) is 0 Å². The van der Waals surface area contributed by atoms with Crippen molar-refractivity contribution in [2.24, 2.45) is 0 Å². The number of aromatic nitrogens is 1. The van der Waals surface area contributed by atoms with Crippen molar-refractivity contribution >= 4 is 27.7 Å². The van der Waals surface area contributed by atoms with Gasteiger partial charge in [0.05, 0.1) is 0 Å². The van der Waals surface area contributed by atoms with Gasteiger partial charge in [0.15, 0.2) is 0 Å². The molecular weight excluding hydrogens is 282 g/mol. The Morgan fingerprint density at radius 3 is 2.62 bits per heavy atom. The molecule has 16 heavy (non-hydrogen) atoms. The third-order valence-electron chi connectivity index (χ3n) is 2.22. The highest BCUT2D eigenvalue weighted by Crippen LogP contribution is 2.27. The second-order valence-corrected chi connectivity index (χ2v) is 5.38. The summed E-state index contributed by atoms with van der Waals surface area (Å²) in [6.07, 6.45) is 1.82. The second-order valence-electron chi connectivity index (χ2n) is 3.56. The SMILES string of the molecule is Cc1ccc(CSc2ncccc2Br)cc1. The van der Waals surface area contributed by atoms with E-state index < -0.39 is 0 Å². The molecule has 0 fully saturated rings. The standard InChI is InChI=1S/C13H12BrNS/c1-10-4-6-11(7-5-10)9-16-13-12(14)3-2-8-15-13/h2-8H,9H2,1H3. The molecule has 3 heteroatoms. The van der Waals surface area contributed by atoms with Crippen molar-refractivity contribution in [1.82, 2.24) is 4.98 Å². The van der Waals surface area contributed by atoms with Gasteiger partial charge in [0.25, 0.3) is 0 Å². The van der Waals surface area contributed by atoms with E-state index in [0.717, 1.165) is 15.3 Å². The van der Waals surface area contributed by atoms with Crippen LogP contribution in [-0.4, -0.2) is 4.98 Å². The van der Waals surface area contributed by atoms with Crippen molar-refractivity contribution in [3.63, 3.8) is 0 Å². The molecule has 0 atom stereocenters. The highest BCUT2D eigenvalue weighted by Gasteiger charge is 2.01. The number of thioether (sulfide) groups is 1. The van der Waals surface area contributed by atoms with E-state index in [1.807, 2.05) is 18.3 Å². The lowest BCUT2D eigenvalue weighted by Gasteiger charge is -2.03. The zero-order chi connectivity index (χ0) is 11.4. The summed E-state index contributed by atoms with van der Waals surface area (Å²) in [5, 5.41) is 1.04. The van der Waals surface area contributed by atoms with Crippen molar-refractivity contribution in [3.05, 3.63) is 58.2 Å². The quantitative estimate of drug-likeness (QED) is 0.776. The molecule has 0 spiro atoms. The molecule has 0 unspecified atom stereocenters. The van der Waals surface area contributed by atoms with Gasteiger partial charge < -0.3 is 0 Å². The van der Waals surface area contributed by atoms with Crippen LogP contribution in [0.15, 0.2) is 52.1 Å². The van der Waals surface area contributed by atoms with Gasteiger partial charge in [-0.2, -0.15) is 0 Å². The molecule has 0 aliphatic rings. The minimum Gasteiger partial charge on any atom is -0.249 e. The largest absolute Gasteiger partial charge is 0.249 e. The lowest BCUT2D eigenvalue weighted by atomic mass is 10.2. The summed E-state index contributed by atoms with van der Waals surface area (Å²) in [4.78, 5) is 4.33. The van der Waals surface area contributed by atoms with Gasteiger partial charge in [0.2, 0.25) is 0 Å².